The second-order valence-corrected chi connectivity index (χ2v) is 5.52. The third-order valence-electron chi connectivity index (χ3n) is 3.07. The van der Waals surface area contributed by atoms with Gasteiger partial charge in [0, 0.05) is 13.1 Å². The van der Waals surface area contributed by atoms with E-state index in [2.05, 4.69) is 0 Å². The van der Waals surface area contributed by atoms with Gasteiger partial charge in [-0.05, 0) is 38.6 Å². The van der Waals surface area contributed by atoms with E-state index >= 15 is 0 Å². The molecule has 0 fully saturated rings. The third kappa shape index (κ3) is 4.20. The Balaban J connectivity index is 2.69. The van der Waals surface area contributed by atoms with Crippen molar-refractivity contribution in [3.8, 4) is 5.75 Å². The molecule has 0 N–H and O–H groups in total. The topological polar surface area (TPSA) is 38.8 Å². The van der Waals surface area contributed by atoms with Crippen LogP contribution in [0.3, 0.4) is 0 Å². The second kappa shape index (κ2) is 6.70. The lowest BCUT2D eigenvalue weighted by Gasteiger charge is -2.27. The molecule has 0 unspecified atom stereocenters. The lowest BCUT2D eigenvalue weighted by molar-refractivity contribution is -0.151. The summed E-state index contributed by atoms with van der Waals surface area (Å²) in [6.45, 7) is 4.71. The van der Waals surface area contributed by atoms with Gasteiger partial charge in [0.15, 0.2) is 11.6 Å². The first kappa shape index (κ1) is 16.4. The predicted molar refractivity (Wildman–Crippen MR) is 75.1 cm³/mol. The third-order valence-corrected chi connectivity index (χ3v) is 3.07. The first-order valence-electron chi connectivity index (χ1n) is 6.39. The molecule has 0 aliphatic rings. The van der Waals surface area contributed by atoms with Crippen LogP contribution in [0.2, 0.25) is 0 Å². The van der Waals surface area contributed by atoms with Gasteiger partial charge >= 0.3 is 5.97 Å². The molecule has 0 bridgehead atoms. The average Bonchev–Trinajstić information content (AvgIpc) is 2.37. The monoisotopic (exact) mass is 283 g/mol. The molecule has 1 aromatic carbocycles. The molecule has 1 rings (SSSR count). The van der Waals surface area contributed by atoms with Crippen molar-refractivity contribution in [2.45, 2.75) is 20.4 Å². The van der Waals surface area contributed by atoms with Crippen LogP contribution in [0.15, 0.2) is 18.2 Å². The van der Waals surface area contributed by atoms with E-state index < -0.39 is 5.41 Å². The minimum Gasteiger partial charge on any atom is -0.494 e. The summed E-state index contributed by atoms with van der Waals surface area (Å²) in [4.78, 5) is 13.6. The molecule has 20 heavy (non-hydrogen) atoms. The number of halogens is 1. The van der Waals surface area contributed by atoms with Crippen LogP contribution in [-0.4, -0.2) is 38.7 Å². The minimum absolute atomic E-state index is 0.228. The van der Waals surface area contributed by atoms with Crippen LogP contribution in [0.25, 0.3) is 0 Å². The van der Waals surface area contributed by atoms with E-state index in [4.69, 9.17) is 9.47 Å². The number of methoxy groups -OCH3 is 2. The maximum absolute atomic E-state index is 13.6. The molecule has 0 aliphatic carbocycles. The van der Waals surface area contributed by atoms with Gasteiger partial charge in [-0.1, -0.05) is 6.07 Å². The molecular formula is C15H22FNO3. The zero-order valence-electron chi connectivity index (χ0n) is 12.7. The Labute approximate surface area is 119 Å². The largest absolute Gasteiger partial charge is 0.494 e. The van der Waals surface area contributed by atoms with E-state index in [1.807, 2.05) is 31.9 Å². The maximum Gasteiger partial charge on any atom is 0.312 e. The molecule has 1 aromatic rings. The highest BCUT2D eigenvalue weighted by molar-refractivity contribution is 5.76. The zero-order chi connectivity index (χ0) is 15.3. The smallest absolute Gasteiger partial charge is 0.312 e. The van der Waals surface area contributed by atoms with Gasteiger partial charge in [0.05, 0.1) is 19.6 Å². The molecule has 0 spiro atoms. The molecule has 0 saturated heterocycles. The summed E-state index contributed by atoms with van der Waals surface area (Å²) in [6, 6.07) is 4.86. The van der Waals surface area contributed by atoms with Gasteiger partial charge in [-0.15, -0.1) is 0 Å². The quantitative estimate of drug-likeness (QED) is 0.752. The van der Waals surface area contributed by atoms with Gasteiger partial charge in [0.25, 0.3) is 0 Å². The molecule has 0 atom stereocenters. The SMILES string of the molecule is COC(=O)C(C)(C)CN(C)Cc1ccc(OC)c(F)c1. The highest BCUT2D eigenvalue weighted by Crippen LogP contribution is 2.21. The Morgan fingerprint density at radius 3 is 2.50 bits per heavy atom. The van der Waals surface area contributed by atoms with Crippen molar-refractivity contribution >= 4 is 5.97 Å². The van der Waals surface area contributed by atoms with Gasteiger partial charge in [0.1, 0.15) is 0 Å². The van der Waals surface area contributed by atoms with Crippen molar-refractivity contribution in [1.82, 2.24) is 4.90 Å². The van der Waals surface area contributed by atoms with Gasteiger partial charge in [0.2, 0.25) is 0 Å². The lowest BCUT2D eigenvalue weighted by atomic mass is 9.93. The number of carbonyl (C=O) groups excluding carboxylic acids is 1. The van der Waals surface area contributed by atoms with Crippen LogP contribution in [-0.2, 0) is 16.1 Å². The molecular weight excluding hydrogens is 261 g/mol. The normalized spacial score (nSPS) is 11.6. The van der Waals surface area contributed by atoms with Crippen LogP contribution in [0, 0.1) is 11.2 Å². The van der Waals surface area contributed by atoms with Crippen LogP contribution < -0.4 is 4.74 Å². The number of hydrogen-bond donors (Lipinski definition) is 0. The first-order valence-corrected chi connectivity index (χ1v) is 6.39. The molecule has 112 valence electrons. The van der Waals surface area contributed by atoms with E-state index in [1.54, 1.807) is 6.07 Å². The molecule has 0 aromatic heterocycles. The molecule has 4 nitrogen and oxygen atoms in total. The fourth-order valence-corrected chi connectivity index (χ4v) is 2.19. The van der Waals surface area contributed by atoms with Gasteiger partial charge < -0.3 is 14.4 Å². The van der Waals surface area contributed by atoms with E-state index in [-0.39, 0.29) is 17.5 Å². The number of ether oxygens (including phenoxy) is 2. The first-order chi connectivity index (χ1) is 9.30. The molecule has 0 amide bonds. The van der Waals surface area contributed by atoms with Crippen LogP contribution in [0.5, 0.6) is 5.75 Å². The standard InChI is InChI=1S/C15H22FNO3/c1-15(2,14(18)20-5)10-17(3)9-11-6-7-13(19-4)12(16)8-11/h6-8H,9-10H2,1-5H3. The minimum atomic E-state index is -0.603. The molecule has 0 saturated carbocycles. The van der Waals surface area contributed by atoms with Crippen molar-refractivity contribution in [2.75, 3.05) is 27.8 Å². The van der Waals surface area contributed by atoms with Crippen molar-refractivity contribution in [3.05, 3.63) is 29.6 Å². The Morgan fingerprint density at radius 2 is 2.00 bits per heavy atom. The number of hydrogen-bond acceptors (Lipinski definition) is 4. The zero-order valence-corrected chi connectivity index (χ0v) is 12.7. The fraction of sp³-hybridized carbons (Fsp3) is 0.533. The van der Waals surface area contributed by atoms with E-state index in [0.29, 0.717) is 13.1 Å². The highest BCUT2D eigenvalue weighted by atomic mass is 19.1. The molecule has 5 heteroatoms. The highest BCUT2D eigenvalue weighted by Gasteiger charge is 2.30. The summed E-state index contributed by atoms with van der Waals surface area (Å²) in [5.41, 5.74) is 0.223. The van der Waals surface area contributed by atoms with Crippen LogP contribution in [0.1, 0.15) is 19.4 Å². The molecule has 0 radical (unpaired) electrons. The van der Waals surface area contributed by atoms with E-state index in [0.717, 1.165) is 5.56 Å². The number of nitrogens with zero attached hydrogens (tertiary/aromatic N) is 1. The van der Waals surface area contributed by atoms with Gasteiger partial charge in [-0.25, -0.2) is 4.39 Å². The summed E-state index contributed by atoms with van der Waals surface area (Å²) in [7, 11) is 4.69. The summed E-state index contributed by atoms with van der Waals surface area (Å²) in [6.07, 6.45) is 0. The Morgan fingerprint density at radius 1 is 1.35 bits per heavy atom. The maximum atomic E-state index is 13.6. The number of carbonyl (C=O) groups is 1. The summed E-state index contributed by atoms with van der Waals surface area (Å²) in [5, 5.41) is 0. The fourth-order valence-electron chi connectivity index (χ4n) is 2.19. The number of rotatable bonds is 6. The van der Waals surface area contributed by atoms with Crippen molar-refractivity contribution in [3.63, 3.8) is 0 Å². The number of benzene rings is 1. The Kier molecular flexibility index (Phi) is 5.51. The average molecular weight is 283 g/mol. The Bertz CT molecular complexity index is 474. The summed E-state index contributed by atoms with van der Waals surface area (Å²) >= 11 is 0. The molecule has 0 heterocycles. The van der Waals surface area contributed by atoms with Gasteiger partial charge in [-0.2, -0.15) is 0 Å². The van der Waals surface area contributed by atoms with Crippen LogP contribution >= 0.6 is 0 Å². The summed E-state index contributed by atoms with van der Waals surface area (Å²) in [5.74, 6) is -0.415. The second-order valence-electron chi connectivity index (χ2n) is 5.52. The summed E-state index contributed by atoms with van der Waals surface area (Å²) < 4.78 is 23.3. The predicted octanol–water partition coefficient (Wildman–Crippen LogP) is 2.47. The van der Waals surface area contributed by atoms with E-state index in [1.165, 1.54) is 20.3 Å². The van der Waals surface area contributed by atoms with Crippen molar-refractivity contribution < 1.29 is 18.7 Å². The molecule has 0 aliphatic heterocycles. The van der Waals surface area contributed by atoms with Crippen LogP contribution in [0.4, 0.5) is 4.39 Å². The van der Waals surface area contributed by atoms with Gasteiger partial charge in [-0.3, -0.25) is 4.79 Å². The van der Waals surface area contributed by atoms with E-state index in [9.17, 15) is 9.18 Å². The van der Waals surface area contributed by atoms with Crippen molar-refractivity contribution in [1.29, 1.82) is 0 Å². The van der Waals surface area contributed by atoms with Crippen molar-refractivity contribution in [2.24, 2.45) is 5.41 Å². The lowest BCUT2D eigenvalue weighted by Crippen LogP contribution is -2.37. The number of esters is 1. The Hall–Kier alpha value is -1.62.